The summed E-state index contributed by atoms with van der Waals surface area (Å²) >= 11 is 0. The highest BCUT2D eigenvalue weighted by molar-refractivity contribution is 6.04. The summed E-state index contributed by atoms with van der Waals surface area (Å²) in [6, 6.07) is 1.24. The molecule has 1 aliphatic rings. The Morgan fingerprint density at radius 2 is 2.38 bits per heavy atom. The third kappa shape index (κ3) is 1.56. The molecule has 1 N–H and O–H groups in total. The average molecular weight is 223 g/mol. The van der Waals surface area contributed by atoms with Crippen molar-refractivity contribution in [3.63, 3.8) is 0 Å². The molecule has 1 amide bonds. The second-order valence-electron chi connectivity index (χ2n) is 3.12. The lowest BCUT2D eigenvalue weighted by Crippen LogP contribution is -2.40. The molecule has 7 nitrogen and oxygen atoms in total. The van der Waals surface area contributed by atoms with E-state index in [1.54, 1.807) is 6.92 Å². The maximum atomic E-state index is 11.4. The summed E-state index contributed by atoms with van der Waals surface area (Å²) in [7, 11) is 0. The average Bonchev–Trinajstić information content (AvgIpc) is 2.70. The van der Waals surface area contributed by atoms with Crippen LogP contribution in [0.5, 0.6) is 0 Å². The first kappa shape index (κ1) is 10.3. The number of ether oxygens (including phenoxy) is 1. The number of carbonyl (C=O) groups is 3. The molecule has 0 bridgehead atoms. The summed E-state index contributed by atoms with van der Waals surface area (Å²) < 4.78 is 5.64. The van der Waals surface area contributed by atoms with Gasteiger partial charge in [0.05, 0.1) is 13.2 Å². The van der Waals surface area contributed by atoms with E-state index in [0.717, 1.165) is 4.68 Å². The number of carbonyl (C=O) groups excluding carboxylic acids is 3. The number of esters is 1. The minimum atomic E-state index is -0.648. The predicted octanol–water partition coefficient (Wildman–Crippen LogP) is -0.557. The minimum Gasteiger partial charge on any atom is -0.461 e. The number of aromatic nitrogens is 2. The summed E-state index contributed by atoms with van der Waals surface area (Å²) in [6.07, 6.45) is 0. The van der Waals surface area contributed by atoms with Gasteiger partial charge in [-0.1, -0.05) is 0 Å². The van der Waals surface area contributed by atoms with E-state index in [1.165, 1.54) is 6.07 Å². The van der Waals surface area contributed by atoms with Crippen molar-refractivity contribution < 1.29 is 19.1 Å². The van der Waals surface area contributed by atoms with Gasteiger partial charge < -0.3 is 10.1 Å². The van der Waals surface area contributed by atoms with Crippen molar-refractivity contribution in [3.05, 3.63) is 17.5 Å². The summed E-state index contributed by atoms with van der Waals surface area (Å²) in [4.78, 5) is 34.0. The van der Waals surface area contributed by atoms with Gasteiger partial charge in [0, 0.05) is 6.07 Å². The Kier molecular flexibility index (Phi) is 2.43. The highest BCUT2D eigenvalue weighted by Crippen LogP contribution is 2.09. The number of amides is 1. The smallest absolute Gasteiger partial charge is 0.358 e. The van der Waals surface area contributed by atoms with Crippen LogP contribution < -0.4 is 5.32 Å². The summed E-state index contributed by atoms with van der Waals surface area (Å²) in [6.45, 7) is 1.75. The van der Waals surface area contributed by atoms with Crippen LogP contribution >= 0.6 is 0 Å². The Balaban J connectivity index is 2.39. The molecule has 0 fully saturated rings. The van der Waals surface area contributed by atoms with Crippen molar-refractivity contribution in [3.8, 4) is 0 Å². The van der Waals surface area contributed by atoms with E-state index < -0.39 is 11.9 Å². The van der Waals surface area contributed by atoms with Crippen molar-refractivity contribution in [1.82, 2.24) is 15.1 Å². The van der Waals surface area contributed by atoms with Gasteiger partial charge in [0.2, 0.25) is 0 Å². The molecule has 0 saturated carbocycles. The summed E-state index contributed by atoms with van der Waals surface area (Å²) in [5.41, 5.74) is 0.0153. The molecule has 84 valence electrons. The molecular formula is C9H9N3O4. The van der Waals surface area contributed by atoms with E-state index in [0.29, 0.717) is 0 Å². The number of nitrogens with one attached hydrogen (secondary N) is 1. The van der Waals surface area contributed by atoms with Crippen LogP contribution in [-0.4, -0.2) is 40.7 Å². The molecule has 0 aromatic carbocycles. The molecule has 1 aromatic heterocycles. The highest BCUT2D eigenvalue weighted by atomic mass is 16.5. The van der Waals surface area contributed by atoms with Gasteiger partial charge in [-0.15, -0.1) is 0 Å². The number of hydrogen-bond donors (Lipinski definition) is 1. The van der Waals surface area contributed by atoms with E-state index >= 15 is 0 Å². The van der Waals surface area contributed by atoms with Gasteiger partial charge >= 0.3 is 5.97 Å². The number of rotatable bonds is 2. The SMILES string of the molecule is CCOC(=O)c1cc2n(n1)C(=O)CNC2=O. The molecule has 1 aromatic rings. The van der Waals surface area contributed by atoms with E-state index in [2.05, 4.69) is 10.4 Å². The van der Waals surface area contributed by atoms with Gasteiger partial charge in [0.1, 0.15) is 5.69 Å². The van der Waals surface area contributed by atoms with Crippen molar-refractivity contribution in [2.75, 3.05) is 13.2 Å². The third-order valence-corrected chi connectivity index (χ3v) is 2.06. The molecule has 16 heavy (non-hydrogen) atoms. The first-order chi connectivity index (χ1) is 7.63. The van der Waals surface area contributed by atoms with Crippen LogP contribution in [0.4, 0.5) is 0 Å². The number of fused-ring (bicyclic) bond motifs is 1. The quantitative estimate of drug-likeness (QED) is 0.679. The molecule has 0 unspecified atom stereocenters. The fourth-order valence-corrected chi connectivity index (χ4v) is 1.36. The van der Waals surface area contributed by atoms with Crippen LogP contribution in [0.3, 0.4) is 0 Å². The normalized spacial score (nSPS) is 14.3. The lowest BCUT2D eigenvalue weighted by molar-refractivity contribution is 0.0518. The Hall–Kier alpha value is -2.18. The maximum absolute atomic E-state index is 11.4. The Morgan fingerprint density at radius 1 is 1.62 bits per heavy atom. The van der Waals surface area contributed by atoms with Gasteiger partial charge in [-0.3, -0.25) is 9.59 Å². The fourth-order valence-electron chi connectivity index (χ4n) is 1.36. The number of hydrogen-bond acceptors (Lipinski definition) is 5. The fraction of sp³-hybridized carbons (Fsp3) is 0.333. The third-order valence-electron chi connectivity index (χ3n) is 2.06. The first-order valence-electron chi connectivity index (χ1n) is 4.72. The zero-order valence-corrected chi connectivity index (χ0v) is 8.52. The molecule has 0 atom stereocenters. The van der Waals surface area contributed by atoms with Crippen LogP contribution in [-0.2, 0) is 4.74 Å². The topological polar surface area (TPSA) is 90.3 Å². The van der Waals surface area contributed by atoms with Gasteiger partial charge in [0.15, 0.2) is 5.69 Å². The maximum Gasteiger partial charge on any atom is 0.358 e. The molecular weight excluding hydrogens is 214 g/mol. The Morgan fingerprint density at radius 3 is 3.00 bits per heavy atom. The van der Waals surface area contributed by atoms with Gasteiger partial charge in [-0.05, 0) is 6.92 Å². The van der Waals surface area contributed by atoms with Gasteiger partial charge in [0.25, 0.3) is 11.8 Å². The van der Waals surface area contributed by atoms with E-state index in [9.17, 15) is 14.4 Å². The predicted molar refractivity (Wildman–Crippen MR) is 51.1 cm³/mol. The summed E-state index contributed by atoms with van der Waals surface area (Å²) in [5, 5.41) is 6.10. The van der Waals surface area contributed by atoms with Crippen molar-refractivity contribution in [2.45, 2.75) is 6.92 Å². The molecule has 2 rings (SSSR count). The van der Waals surface area contributed by atoms with Crippen LogP contribution in [0.15, 0.2) is 6.07 Å². The summed E-state index contributed by atoms with van der Waals surface area (Å²) in [5.74, 6) is -1.46. The molecule has 0 saturated heterocycles. The largest absolute Gasteiger partial charge is 0.461 e. The van der Waals surface area contributed by atoms with Crippen molar-refractivity contribution >= 4 is 17.8 Å². The standard InChI is InChI=1S/C9H9N3O4/c1-2-16-9(15)5-3-6-8(14)10-4-7(13)12(6)11-5/h3H,2,4H2,1H3,(H,10,14). The van der Waals surface area contributed by atoms with Crippen LogP contribution in [0.2, 0.25) is 0 Å². The lowest BCUT2D eigenvalue weighted by atomic mass is 10.3. The zero-order chi connectivity index (χ0) is 11.7. The van der Waals surface area contributed by atoms with Crippen molar-refractivity contribution in [2.24, 2.45) is 0 Å². The zero-order valence-electron chi connectivity index (χ0n) is 8.52. The highest BCUT2D eigenvalue weighted by Gasteiger charge is 2.27. The lowest BCUT2D eigenvalue weighted by Gasteiger charge is -2.11. The van der Waals surface area contributed by atoms with Crippen LogP contribution in [0, 0.1) is 0 Å². The molecule has 0 aliphatic carbocycles. The molecule has 7 heteroatoms. The monoisotopic (exact) mass is 223 g/mol. The van der Waals surface area contributed by atoms with Gasteiger partial charge in [-0.2, -0.15) is 9.78 Å². The number of nitrogens with zero attached hydrogens (tertiary/aromatic N) is 2. The van der Waals surface area contributed by atoms with E-state index in [4.69, 9.17) is 4.74 Å². The molecule has 2 heterocycles. The molecule has 1 aliphatic heterocycles. The molecule has 0 radical (unpaired) electrons. The minimum absolute atomic E-state index is 0.0396. The van der Waals surface area contributed by atoms with Crippen LogP contribution in [0.1, 0.15) is 32.7 Å². The van der Waals surface area contributed by atoms with E-state index in [1.807, 2.05) is 0 Å². The van der Waals surface area contributed by atoms with E-state index in [-0.39, 0.29) is 30.4 Å². The van der Waals surface area contributed by atoms with Crippen LogP contribution in [0.25, 0.3) is 0 Å². The Labute approximate surface area is 90.4 Å². The first-order valence-corrected chi connectivity index (χ1v) is 4.72. The van der Waals surface area contributed by atoms with Crippen molar-refractivity contribution in [1.29, 1.82) is 0 Å². The Bertz CT molecular complexity index is 444. The van der Waals surface area contributed by atoms with Gasteiger partial charge in [-0.25, -0.2) is 4.79 Å². The molecule has 0 spiro atoms. The second kappa shape index (κ2) is 3.76. The second-order valence-corrected chi connectivity index (χ2v) is 3.12.